The third-order valence-electron chi connectivity index (χ3n) is 3.65. The van der Waals surface area contributed by atoms with Gasteiger partial charge in [-0.25, -0.2) is 4.79 Å². The largest absolute Gasteiger partial charge is 0.467 e. The quantitative estimate of drug-likeness (QED) is 0.619. The van der Waals surface area contributed by atoms with Crippen molar-refractivity contribution in [3.63, 3.8) is 0 Å². The lowest BCUT2D eigenvalue weighted by Gasteiger charge is -2.22. The number of carbonyl (C=O) groups excluding carboxylic acids is 2. The van der Waals surface area contributed by atoms with E-state index in [4.69, 9.17) is 4.74 Å². The molecule has 4 heteroatoms. The van der Waals surface area contributed by atoms with E-state index in [1.807, 2.05) is 13.8 Å². The van der Waals surface area contributed by atoms with E-state index >= 15 is 0 Å². The molecule has 1 atom stereocenters. The molecule has 0 bridgehead atoms. The average Bonchev–Trinajstić information content (AvgIpc) is 2.63. The molecule has 18 heavy (non-hydrogen) atoms. The van der Waals surface area contributed by atoms with E-state index < -0.39 is 6.04 Å². The number of esters is 1. The standard InChI is InChI=1S/C14H25NO3/c1-10(2)12(14(17)18-3)15-13(16)11-8-6-4-5-7-9-11/h10-12H,4-9H2,1-3H3,(H,15,16). The highest BCUT2D eigenvalue weighted by Crippen LogP contribution is 2.23. The Hall–Kier alpha value is -1.06. The Labute approximate surface area is 109 Å². The van der Waals surface area contributed by atoms with E-state index in [2.05, 4.69) is 5.32 Å². The summed E-state index contributed by atoms with van der Waals surface area (Å²) in [6.45, 7) is 3.82. The lowest BCUT2D eigenvalue weighted by Crippen LogP contribution is -2.47. The molecule has 1 unspecified atom stereocenters. The molecule has 1 saturated carbocycles. The van der Waals surface area contributed by atoms with Crippen molar-refractivity contribution >= 4 is 11.9 Å². The topological polar surface area (TPSA) is 55.4 Å². The van der Waals surface area contributed by atoms with Crippen LogP contribution in [0.1, 0.15) is 52.4 Å². The van der Waals surface area contributed by atoms with Crippen LogP contribution < -0.4 is 5.32 Å². The van der Waals surface area contributed by atoms with Crippen LogP contribution in [0.4, 0.5) is 0 Å². The Morgan fingerprint density at radius 1 is 1.11 bits per heavy atom. The summed E-state index contributed by atoms with van der Waals surface area (Å²) < 4.78 is 4.73. The fraction of sp³-hybridized carbons (Fsp3) is 0.857. The number of nitrogens with one attached hydrogen (secondary N) is 1. The van der Waals surface area contributed by atoms with Gasteiger partial charge < -0.3 is 10.1 Å². The molecular formula is C14H25NO3. The van der Waals surface area contributed by atoms with Gasteiger partial charge in [0.05, 0.1) is 7.11 Å². The van der Waals surface area contributed by atoms with E-state index in [9.17, 15) is 9.59 Å². The van der Waals surface area contributed by atoms with E-state index in [0.717, 1.165) is 25.7 Å². The minimum absolute atomic E-state index is 0.0148. The second kappa shape index (κ2) is 7.39. The van der Waals surface area contributed by atoms with Gasteiger partial charge in [-0.05, 0) is 18.8 Å². The van der Waals surface area contributed by atoms with E-state index in [0.29, 0.717) is 0 Å². The highest BCUT2D eigenvalue weighted by molar-refractivity contribution is 5.85. The first-order valence-corrected chi connectivity index (χ1v) is 6.94. The number of rotatable bonds is 4. The lowest BCUT2D eigenvalue weighted by atomic mass is 9.97. The third-order valence-corrected chi connectivity index (χ3v) is 3.65. The molecule has 1 N–H and O–H groups in total. The molecule has 4 nitrogen and oxygen atoms in total. The van der Waals surface area contributed by atoms with E-state index in [1.54, 1.807) is 0 Å². The molecule has 0 aromatic carbocycles. The first-order chi connectivity index (χ1) is 8.56. The van der Waals surface area contributed by atoms with Gasteiger partial charge in [-0.1, -0.05) is 39.5 Å². The second-order valence-corrected chi connectivity index (χ2v) is 5.44. The van der Waals surface area contributed by atoms with Crippen molar-refractivity contribution in [2.75, 3.05) is 7.11 Å². The zero-order valence-electron chi connectivity index (χ0n) is 11.7. The molecule has 1 aliphatic carbocycles. The first-order valence-electron chi connectivity index (χ1n) is 6.94. The SMILES string of the molecule is COC(=O)C(NC(=O)C1CCCCCC1)C(C)C. The molecule has 0 spiro atoms. The highest BCUT2D eigenvalue weighted by atomic mass is 16.5. The molecule has 104 valence electrons. The van der Waals surface area contributed by atoms with E-state index in [1.165, 1.54) is 20.0 Å². The predicted molar refractivity (Wildman–Crippen MR) is 70.0 cm³/mol. The fourth-order valence-corrected chi connectivity index (χ4v) is 2.44. The number of amides is 1. The van der Waals surface area contributed by atoms with Gasteiger partial charge in [0.1, 0.15) is 6.04 Å². The number of hydrogen-bond acceptors (Lipinski definition) is 3. The van der Waals surface area contributed by atoms with Crippen LogP contribution in [0.5, 0.6) is 0 Å². The van der Waals surface area contributed by atoms with Crippen LogP contribution in [-0.2, 0) is 14.3 Å². The molecule has 0 aromatic heterocycles. The summed E-state index contributed by atoms with van der Waals surface area (Å²) in [7, 11) is 1.36. The van der Waals surface area contributed by atoms with Gasteiger partial charge >= 0.3 is 5.97 Å². The van der Waals surface area contributed by atoms with Crippen molar-refractivity contribution in [1.82, 2.24) is 5.32 Å². The summed E-state index contributed by atoms with van der Waals surface area (Å²) in [5.41, 5.74) is 0. The van der Waals surface area contributed by atoms with Gasteiger partial charge in [0.25, 0.3) is 0 Å². The van der Waals surface area contributed by atoms with Crippen molar-refractivity contribution < 1.29 is 14.3 Å². The van der Waals surface area contributed by atoms with Crippen LogP contribution in [0.15, 0.2) is 0 Å². The number of hydrogen-bond donors (Lipinski definition) is 1. The summed E-state index contributed by atoms with van der Waals surface area (Å²) >= 11 is 0. The van der Waals surface area contributed by atoms with Crippen molar-refractivity contribution in [3.05, 3.63) is 0 Å². The molecule has 1 rings (SSSR count). The van der Waals surface area contributed by atoms with Gasteiger partial charge in [0.2, 0.25) is 5.91 Å². The average molecular weight is 255 g/mol. The van der Waals surface area contributed by atoms with Gasteiger partial charge in [0.15, 0.2) is 0 Å². The van der Waals surface area contributed by atoms with Crippen LogP contribution in [-0.4, -0.2) is 25.0 Å². The van der Waals surface area contributed by atoms with Gasteiger partial charge in [0, 0.05) is 5.92 Å². The number of carbonyl (C=O) groups is 2. The Kier molecular flexibility index (Phi) is 6.16. The Bertz CT molecular complexity index is 281. The minimum Gasteiger partial charge on any atom is -0.467 e. The number of methoxy groups -OCH3 is 1. The van der Waals surface area contributed by atoms with Crippen molar-refractivity contribution in [2.24, 2.45) is 11.8 Å². The maximum absolute atomic E-state index is 12.2. The first kappa shape index (κ1) is 15.0. The summed E-state index contributed by atoms with van der Waals surface area (Å²) in [5, 5.41) is 2.85. The lowest BCUT2D eigenvalue weighted by molar-refractivity contribution is -0.147. The van der Waals surface area contributed by atoms with Gasteiger partial charge in [-0.15, -0.1) is 0 Å². The zero-order chi connectivity index (χ0) is 13.5. The summed E-state index contributed by atoms with van der Waals surface area (Å²) in [6.07, 6.45) is 6.55. The fourth-order valence-electron chi connectivity index (χ4n) is 2.44. The second-order valence-electron chi connectivity index (χ2n) is 5.44. The molecule has 1 amide bonds. The highest BCUT2D eigenvalue weighted by Gasteiger charge is 2.28. The van der Waals surface area contributed by atoms with Crippen LogP contribution in [0.25, 0.3) is 0 Å². The van der Waals surface area contributed by atoms with Crippen LogP contribution >= 0.6 is 0 Å². The molecular weight excluding hydrogens is 230 g/mol. The third kappa shape index (κ3) is 4.31. The maximum atomic E-state index is 12.2. The molecule has 1 fully saturated rings. The molecule has 0 heterocycles. The van der Waals surface area contributed by atoms with Crippen molar-refractivity contribution in [1.29, 1.82) is 0 Å². The van der Waals surface area contributed by atoms with Crippen molar-refractivity contribution in [3.8, 4) is 0 Å². The summed E-state index contributed by atoms with van der Waals surface area (Å²) in [4.78, 5) is 23.8. The zero-order valence-corrected chi connectivity index (χ0v) is 11.7. The predicted octanol–water partition coefficient (Wildman–Crippen LogP) is 2.27. The normalized spacial score (nSPS) is 19.1. The summed E-state index contributed by atoms with van der Waals surface area (Å²) in [5.74, 6) is -0.224. The van der Waals surface area contributed by atoms with Crippen LogP contribution in [0, 0.1) is 11.8 Å². The Balaban J connectivity index is 2.56. The smallest absolute Gasteiger partial charge is 0.328 e. The Morgan fingerprint density at radius 2 is 1.67 bits per heavy atom. The van der Waals surface area contributed by atoms with Crippen LogP contribution in [0.2, 0.25) is 0 Å². The monoisotopic (exact) mass is 255 g/mol. The number of ether oxygens (including phenoxy) is 1. The van der Waals surface area contributed by atoms with Crippen molar-refractivity contribution in [2.45, 2.75) is 58.4 Å². The molecule has 0 aliphatic heterocycles. The van der Waals surface area contributed by atoms with E-state index in [-0.39, 0.29) is 23.7 Å². The minimum atomic E-state index is -0.522. The van der Waals surface area contributed by atoms with Crippen LogP contribution in [0.3, 0.4) is 0 Å². The molecule has 1 aliphatic rings. The maximum Gasteiger partial charge on any atom is 0.328 e. The molecule has 0 aromatic rings. The summed E-state index contributed by atoms with van der Waals surface area (Å²) in [6, 6.07) is -0.522. The Morgan fingerprint density at radius 3 is 2.11 bits per heavy atom. The molecule has 0 saturated heterocycles. The molecule has 0 radical (unpaired) electrons. The van der Waals surface area contributed by atoms with Gasteiger partial charge in [-0.3, -0.25) is 4.79 Å². The van der Waals surface area contributed by atoms with Gasteiger partial charge in [-0.2, -0.15) is 0 Å².